The van der Waals surface area contributed by atoms with E-state index in [0.717, 1.165) is 33.5 Å². The highest BCUT2D eigenvalue weighted by molar-refractivity contribution is 7.22. The van der Waals surface area contributed by atoms with Crippen molar-refractivity contribution in [3.8, 4) is 33.8 Å². The highest BCUT2D eigenvalue weighted by Gasteiger charge is 2.49. The summed E-state index contributed by atoms with van der Waals surface area (Å²) in [5, 5.41) is 14.4. The first-order valence-corrected chi connectivity index (χ1v) is 21.1. The summed E-state index contributed by atoms with van der Waals surface area (Å²) in [4.78, 5) is 10.4. The first-order valence-electron chi connectivity index (χ1n) is 19.1. The molecule has 1 aromatic heterocycles. The van der Waals surface area contributed by atoms with Gasteiger partial charge >= 0.3 is 0 Å². The molecule has 2 heterocycles. The Morgan fingerprint density at radius 1 is 0.400 bits per heavy atom. The van der Waals surface area contributed by atoms with Gasteiger partial charge in [-0.15, -0.1) is 0 Å². The fraction of sp³-hybridized carbons (Fsp3) is 0.0385. The van der Waals surface area contributed by atoms with Gasteiger partial charge in [0.05, 0.1) is 11.2 Å². The van der Waals surface area contributed by atoms with Gasteiger partial charge in [0.15, 0.2) is 13.9 Å². The fourth-order valence-electron chi connectivity index (χ4n) is 9.37. The van der Waals surface area contributed by atoms with Gasteiger partial charge in [-0.1, -0.05) is 181 Å². The quantitative estimate of drug-likeness (QED) is 0.134. The van der Waals surface area contributed by atoms with Crippen molar-refractivity contribution in [3.63, 3.8) is 0 Å². The topological polar surface area (TPSA) is 25.8 Å². The van der Waals surface area contributed by atoms with Crippen LogP contribution in [0.25, 0.3) is 77.0 Å². The Morgan fingerprint density at radius 3 is 1.73 bits per heavy atom. The minimum absolute atomic E-state index is 0.735. The van der Waals surface area contributed by atoms with Gasteiger partial charge in [-0.3, -0.25) is 0 Å². The third-order valence-electron chi connectivity index (χ3n) is 11.9. The molecule has 0 amide bonds. The molecular weight excluding hydrogens is 681 g/mol. The van der Waals surface area contributed by atoms with Crippen LogP contribution in [0.15, 0.2) is 182 Å². The normalized spacial score (nSPS) is 13.1. The second kappa shape index (κ2) is 12.2. The smallest absolute Gasteiger partial charge is 0.180 e. The van der Waals surface area contributed by atoms with Crippen molar-refractivity contribution in [1.82, 2.24) is 9.97 Å². The third-order valence-corrected chi connectivity index (χ3v) is 16.8. The molecule has 0 unspecified atom stereocenters. The van der Waals surface area contributed by atoms with E-state index in [0.29, 0.717) is 0 Å². The lowest BCUT2D eigenvalue weighted by atomic mass is 9.89. The van der Waals surface area contributed by atoms with Crippen LogP contribution in [0.2, 0.25) is 0 Å². The summed E-state index contributed by atoms with van der Waals surface area (Å²) in [5.41, 5.74) is 9.30. The predicted octanol–water partition coefficient (Wildman–Crippen LogP) is 10.4. The molecule has 0 radical (unpaired) electrons. The number of aryl methyl sites for hydroxylation is 2. The molecule has 0 aliphatic carbocycles. The zero-order chi connectivity index (χ0) is 36.7. The van der Waals surface area contributed by atoms with E-state index in [4.69, 9.17) is 9.97 Å². The second-order valence-corrected chi connectivity index (χ2v) is 18.8. The maximum absolute atomic E-state index is 5.24. The van der Waals surface area contributed by atoms with Crippen LogP contribution in [0.1, 0.15) is 11.1 Å². The van der Waals surface area contributed by atoms with Gasteiger partial charge in [0.25, 0.3) is 0 Å². The molecule has 1 aliphatic heterocycles. The third kappa shape index (κ3) is 4.67. The number of hydrogen-bond acceptors (Lipinski definition) is 2. The average Bonchev–Trinajstić information content (AvgIpc) is 3.55. The van der Waals surface area contributed by atoms with E-state index in [1.54, 1.807) is 0 Å². The maximum Gasteiger partial charge on any atom is 0.180 e. The average molecular weight is 717 g/mol. The largest absolute Gasteiger partial charge is 0.228 e. The van der Waals surface area contributed by atoms with Crippen molar-refractivity contribution in [2.45, 2.75) is 13.8 Å². The summed E-state index contributed by atoms with van der Waals surface area (Å²) in [6.45, 7) is 4.37. The van der Waals surface area contributed by atoms with Crippen LogP contribution in [-0.2, 0) is 0 Å². The van der Waals surface area contributed by atoms with Crippen molar-refractivity contribution >= 4 is 72.0 Å². The molecule has 0 bridgehead atoms. The van der Waals surface area contributed by atoms with Crippen molar-refractivity contribution in [2.75, 3.05) is 0 Å². The van der Waals surface area contributed by atoms with Crippen LogP contribution in [0.4, 0.5) is 0 Å². The van der Waals surface area contributed by atoms with E-state index in [1.807, 2.05) is 6.07 Å². The Kier molecular flexibility index (Phi) is 7.04. The van der Waals surface area contributed by atoms with Crippen molar-refractivity contribution in [3.05, 3.63) is 193 Å². The SMILES string of the molecule is Cc1ccc([Si]2(c3ccc(C)cc3)c3ccccc3-c3c2ccc2c4ccc(-c5nc(-c6ccccc6)c6ccccc6n5)cc4c4ccccc4c32)cc1. The number of nitrogens with zero attached hydrogens (tertiary/aromatic N) is 2. The van der Waals surface area contributed by atoms with E-state index in [9.17, 15) is 0 Å². The molecule has 9 aromatic carbocycles. The number of fused-ring (bicyclic) bond motifs is 11. The lowest BCUT2D eigenvalue weighted by molar-refractivity contribution is 1.23. The Labute approximate surface area is 321 Å². The Morgan fingerprint density at radius 2 is 0.982 bits per heavy atom. The number of aromatic nitrogens is 2. The Hall–Kier alpha value is -6.68. The lowest BCUT2D eigenvalue weighted by Gasteiger charge is -2.31. The first kappa shape index (κ1) is 31.8. The molecule has 0 atom stereocenters. The molecule has 0 N–H and O–H groups in total. The van der Waals surface area contributed by atoms with Crippen LogP contribution >= 0.6 is 0 Å². The fourth-order valence-corrected chi connectivity index (χ4v) is 14.5. The molecule has 10 aromatic rings. The predicted molar refractivity (Wildman–Crippen MR) is 235 cm³/mol. The molecule has 1 aliphatic rings. The van der Waals surface area contributed by atoms with Crippen LogP contribution < -0.4 is 20.7 Å². The highest BCUT2D eigenvalue weighted by Crippen LogP contribution is 2.43. The summed E-state index contributed by atoms with van der Waals surface area (Å²) in [5.74, 6) is 0.735. The van der Waals surface area contributed by atoms with E-state index in [-0.39, 0.29) is 0 Å². The van der Waals surface area contributed by atoms with Gasteiger partial charge in [0.1, 0.15) is 0 Å². The van der Waals surface area contributed by atoms with Crippen molar-refractivity contribution in [2.24, 2.45) is 0 Å². The molecule has 0 saturated heterocycles. The zero-order valence-electron chi connectivity index (χ0n) is 30.7. The second-order valence-electron chi connectivity index (χ2n) is 15.0. The Bertz CT molecular complexity index is 3080. The van der Waals surface area contributed by atoms with Crippen molar-refractivity contribution < 1.29 is 0 Å². The van der Waals surface area contributed by atoms with Crippen LogP contribution in [0, 0.1) is 13.8 Å². The van der Waals surface area contributed by atoms with Crippen LogP contribution in [0.5, 0.6) is 0 Å². The van der Waals surface area contributed by atoms with Crippen LogP contribution in [-0.4, -0.2) is 18.0 Å². The van der Waals surface area contributed by atoms with Gasteiger partial charge in [-0.05, 0) is 90.2 Å². The molecule has 55 heavy (non-hydrogen) atoms. The molecule has 258 valence electrons. The van der Waals surface area contributed by atoms with Crippen molar-refractivity contribution in [1.29, 1.82) is 0 Å². The maximum atomic E-state index is 5.24. The van der Waals surface area contributed by atoms with Gasteiger partial charge in [0, 0.05) is 16.5 Å². The highest BCUT2D eigenvalue weighted by atomic mass is 28.3. The zero-order valence-corrected chi connectivity index (χ0v) is 31.7. The summed E-state index contributed by atoms with van der Waals surface area (Å²) in [6, 6.07) is 67.5. The van der Waals surface area contributed by atoms with Gasteiger partial charge in [0.2, 0.25) is 0 Å². The standard InChI is InChI=1S/C52H36N2Si/c1-33-20-25-37(26-21-33)55(38-27-22-34(2)23-28-38)47-19-11-9-17-44(47)50-48(55)31-30-42-40-29-24-36(32-45(40)39-14-6-7-15-41(39)49(42)50)52-53-46-18-10-8-16-43(46)51(54-52)35-12-4-3-5-13-35/h3-32H,1-2H3. The first-order chi connectivity index (χ1) is 27.1. The summed E-state index contributed by atoms with van der Waals surface area (Å²) in [7, 11) is -2.67. The lowest BCUT2D eigenvalue weighted by Crippen LogP contribution is -2.72. The summed E-state index contributed by atoms with van der Waals surface area (Å²) in [6.07, 6.45) is 0. The van der Waals surface area contributed by atoms with E-state index < -0.39 is 8.07 Å². The number of hydrogen-bond donors (Lipinski definition) is 0. The molecule has 0 fully saturated rings. The molecule has 11 rings (SSSR count). The Balaban J connectivity index is 1.21. The number of benzene rings is 9. The van der Waals surface area contributed by atoms with Crippen LogP contribution in [0.3, 0.4) is 0 Å². The van der Waals surface area contributed by atoms with Gasteiger partial charge in [-0.25, -0.2) is 9.97 Å². The molecule has 3 heteroatoms. The van der Waals surface area contributed by atoms with E-state index >= 15 is 0 Å². The number of rotatable bonds is 4. The van der Waals surface area contributed by atoms with E-state index in [2.05, 4.69) is 190 Å². The molecule has 2 nitrogen and oxygen atoms in total. The monoisotopic (exact) mass is 716 g/mol. The molecule has 0 spiro atoms. The summed E-state index contributed by atoms with van der Waals surface area (Å²) >= 11 is 0. The molecular formula is C52H36N2Si. The van der Waals surface area contributed by atoms with Gasteiger partial charge in [-0.2, -0.15) is 0 Å². The minimum Gasteiger partial charge on any atom is -0.228 e. The molecule has 0 saturated carbocycles. The summed E-state index contributed by atoms with van der Waals surface area (Å²) < 4.78 is 0. The minimum atomic E-state index is -2.67. The number of para-hydroxylation sites is 1. The van der Waals surface area contributed by atoms with E-state index in [1.165, 1.54) is 75.3 Å². The van der Waals surface area contributed by atoms with Gasteiger partial charge < -0.3 is 0 Å².